The van der Waals surface area contributed by atoms with Crippen molar-refractivity contribution in [1.29, 1.82) is 0 Å². The van der Waals surface area contributed by atoms with Crippen molar-refractivity contribution in [3.63, 3.8) is 0 Å². The summed E-state index contributed by atoms with van der Waals surface area (Å²) in [7, 11) is 0. The van der Waals surface area contributed by atoms with Crippen molar-refractivity contribution in [2.75, 3.05) is 32.8 Å². The van der Waals surface area contributed by atoms with Gasteiger partial charge in [0.15, 0.2) is 0 Å². The molecule has 1 fully saturated rings. The molecule has 0 spiro atoms. The van der Waals surface area contributed by atoms with Crippen molar-refractivity contribution in [3.8, 4) is 5.75 Å². The van der Waals surface area contributed by atoms with E-state index in [1.165, 1.54) is 0 Å². The van der Waals surface area contributed by atoms with Gasteiger partial charge in [-0.1, -0.05) is 15.9 Å². The standard InChI is InChI=1S/C16H23BrF2N2O/c1-12(2)21-7-5-20(6-8-21)10-13-9-14(17)3-4-15(13)22-11-16(18)19/h3-4,9,12,16H,5-8,10-11H2,1-2H3. The largest absolute Gasteiger partial charge is 0.487 e. The number of hydrogen-bond acceptors (Lipinski definition) is 3. The zero-order valence-corrected chi connectivity index (χ0v) is 14.7. The molecule has 0 aromatic heterocycles. The number of alkyl halides is 2. The third-order valence-electron chi connectivity index (χ3n) is 3.92. The van der Waals surface area contributed by atoms with Gasteiger partial charge in [-0.2, -0.15) is 0 Å². The van der Waals surface area contributed by atoms with Gasteiger partial charge < -0.3 is 4.74 Å². The molecule has 0 amide bonds. The lowest BCUT2D eigenvalue weighted by Crippen LogP contribution is -2.48. The summed E-state index contributed by atoms with van der Waals surface area (Å²) in [5.41, 5.74) is 0.952. The molecule has 0 N–H and O–H groups in total. The lowest BCUT2D eigenvalue weighted by Gasteiger charge is -2.37. The molecule has 0 aliphatic carbocycles. The smallest absolute Gasteiger partial charge is 0.272 e. The average Bonchev–Trinajstić information content (AvgIpc) is 2.47. The summed E-state index contributed by atoms with van der Waals surface area (Å²) in [4.78, 5) is 4.79. The Bertz CT molecular complexity index is 477. The number of benzene rings is 1. The highest BCUT2D eigenvalue weighted by Gasteiger charge is 2.20. The first-order chi connectivity index (χ1) is 10.5. The molecular formula is C16H23BrF2N2O. The van der Waals surface area contributed by atoms with Gasteiger partial charge in [-0.3, -0.25) is 9.80 Å². The Balaban J connectivity index is 1.98. The lowest BCUT2D eigenvalue weighted by molar-refractivity contribution is 0.0792. The third-order valence-corrected chi connectivity index (χ3v) is 4.41. The van der Waals surface area contributed by atoms with Crippen LogP contribution in [0.3, 0.4) is 0 Å². The normalized spacial score (nSPS) is 17.4. The molecule has 22 heavy (non-hydrogen) atoms. The summed E-state index contributed by atoms with van der Waals surface area (Å²) in [6, 6.07) is 6.10. The van der Waals surface area contributed by atoms with Gasteiger partial charge in [0.1, 0.15) is 12.4 Å². The minimum absolute atomic E-state index is 0.551. The van der Waals surface area contributed by atoms with Crippen LogP contribution in [0.1, 0.15) is 19.4 Å². The minimum Gasteiger partial charge on any atom is -0.487 e. The first-order valence-electron chi connectivity index (χ1n) is 7.61. The van der Waals surface area contributed by atoms with Crippen LogP contribution in [0, 0.1) is 0 Å². The SMILES string of the molecule is CC(C)N1CCN(Cc2cc(Br)ccc2OCC(F)F)CC1. The van der Waals surface area contributed by atoms with Crippen LogP contribution < -0.4 is 4.74 Å². The van der Waals surface area contributed by atoms with Gasteiger partial charge in [-0.05, 0) is 32.0 Å². The summed E-state index contributed by atoms with van der Waals surface area (Å²) >= 11 is 3.44. The number of piperazine rings is 1. The zero-order chi connectivity index (χ0) is 16.1. The van der Waals surface area contributed by atoms with Gasteiger partial charge in [0, 0.05) is 48.8 Å². The van der Waals surface area contributed by atoms with Crippen molar-refractivity contribution < 1.29 is 13.5 Å². The van der Waals surface area contributed by atoms with Crippen LogP contribution in [0.15, 0.2) is 22.7 Å². The minimum atomic E-state index is -2.45. The van der Waals surface area contributed by atoms with E-state index in [9.17, 15) is 8.78 Å². The van der Waals surface area contributed by atoms with Crippen LogP contribution in [0.2, 0.25) is 0 Å². The Hall–Kier alpha value is -0.720. The molecule has 1 aliphatic heterocycles. The Labute approximate surface area is 139 Å². The second kappa shape index (κ2) is 8.22. The van der Waals surface area contributed by atoms with E-state index in [2.05, 4.69) is 39.6 Å². The number of halogens is 3. The van der Waals surface area contributed by atoms with E-state index in [1.807, 2.05) is 12.1 Å². The van der Waals surface area contributed by atoms with E-state index >= 15 is 0 Å². The van der Waals surface area contributed by atoms with E-state index < -0.39 is 13.0 Å². The maximum atomic E-state index is 12.4. The van der Waals surface area contributed by atoms with Gasteiger partial charge in [0.05, 0.1) is 0 Å². The van der Waals surface area contributed by atoms with E-state index in [0.717, 1.165) is 42.8 Å². The Morgan fingerprint density at radius 2 is 1.86 bits per heavy atom. The summed E-state index contributed by atoms with van der Waals surface area (Å²) in [6.07, 6.45) is -2.45. The Morgan fingerprint density at radius 3 is 2.45 bits per heavy atom. The molecule has 1 heterocycles. The van der Waals surface area contributed by atoms with Crippen molar-refractivity contribution in [3.05, 3.63) is 28.2 Å². The molecule has 0 bridgehead atoms. The van der Waals surface area contributed by atoms with Crippen molar-refractivity contribution >= 4 is 15.9 Å². The average molecular weight is 377 g/mol. The summed E-state index contributed by atoms with van der Waals surface area (Å²) in [6.45, 7) is 8.63. The molecule has 0 unspecified atom stereocenters. The Kier molecular flexibility index (Phi) is 6.59. The molecule has 1 aromatic carbocycles. The lowest BCUT2D eigenvalue weighted by atomic mass is 10.1. The molecule has 2 rings (SSSR count). The number of nitrogens with zero attached hydrogens (tertiary/aromatic N) is 2. The first kappa shape index (κ1) is 17.6. The molecule has 124 valence electrons. The predicted molar refractivity (Wildman–Crippen MR) is 87.6 cm³/mol. The number of hydrogen-bond donors (Lipinski definition) is 0. The van der Waals surface area contributed by atoms with Crippen molar-refractivity contribution in [2.45, 2.75) is 32.9 Å². The molecule has 1 saturated heterocycles. The van der Waals surface area contributed by atoms with Crippen LogP contribution in [0.5, 0.6) is 5.75 Å². The van der Waals surface area contributed by atoms with Gasteiger partial charge in [0.25, 0.3) is 6.43 Å². The molecule has 1 aliphatic rings. The van der Waals surface area contributed by atoms with Crippen LogP contribution >= 0.6 is 15.9 Å². The molecule has 3 nitrogen and oxygen atoms in total. The second-order valence-electron chi connectivity index (χ2n) is 5.86. The summed E-state index contributed by atoms with van der Waals surface area (Å²) < 4.78 is 30.9. The highest BCUT2D eigenvalue weighted by molar-refractivity contribution is 9.10. The predicted octanol–water partition coefficient (Wildman–Crippen LogP) is 3.62. The fourth-order valence-corrected chi connectivity index (χ4v) is 3.05. The van der Waals surface area contributed by atoms with Crippen LogP contribution in [0.4, 0.5) is 8.78 Å². The highest BCUT2D eigenvalue weighted by Crippen LogP contribution is 2.25. The Morgan fingerprint density at radius 1 is 1.18 bits per heavy atom. The van der Waals surface area contributed by atoms with Crippen LogP contribution in [-0.4, -0.2) is 55.1 Å². The number of ether oxygens (including phenoxy) is 1. The molecule has 0 radical (unpaired) electrons. The van der Waals surface area contributed by atoms with Crippen molar-refractivity contribution in [1.82, 2.24) is 9.80 Å². The van der Waals surface area contributed by atoms with Gasteiger partial charge >= 0.3 is 0 Å². The van der Waals surface area contributed by atoms with Crippen LogP contribution in [-0.2, 0) is 6.54 Å². The third kappa shape index (κ3) is 5.18. The zero-order valence-electron chi connectivity index (χ0n) is 13.1. The molecular weight excluding hydrogens is 354 g/mol. The van der Waals surface area contributed by atoms with E-state index in [1.54, 1.807) is 6.07 Å². The molecule has 6 heteroatoms. The fourth-order valence-electron chi connectivity index (χ4n) is 2.64. The molecule has 0 saturated carbocycles. The molecule has 0 atom stereocenters. The maximum absolute atomic E-state index is 12.4. The highest BCUT2D eigenvalue weighted by atomic mass is 79.9. The van der Waals surface area contributed by atoms with Gasteiger partial charge in [-0.15, -0.1) is 0 Å². The molecule has 1 aromatic rings. The maximum Gasteiger partial charge on any atom is 0.272 e. The topological polar surface area (TPSA) is 15.7 Å². The van der Waals surface area contributed by atoms with E-state index in [4.69, 9.17) is 4.74 Å². The monoisotopic (exact) mass is 376 g/mol. The van der Waals surface area contributed by atoms with Crippen molar-refractivity contribution in [2.24, 2.45) is 0 Å². The van der Waals surface area contributed by atoms with Gasteiger partial charge in [-0.25, -0.2) is 8.78 Å². The second-order valence-corrected chi connectivity index (χ2v) is 6.78. The summed E-state index contributed by atoms with van der Waals surface area (Å²) in [5, 5.41) is 0. The van der Waals surface area contributed by atoms with Crippen LogP contribution in [0.25, 0.3) is 0 Å². The fraction of sp³-hybridized carbons (Fsp3) is 0.625. The first-order valence-corrected chi connectivity index (χ1v) is 8.41. The summed E-state index contributed by atoms with van der Waals surface area (Å²) in [5.74, 6) is 0.551. The van der Waals surface area contributed by atoms with Gasteiger partial charge in [0.2, 0.25) is 0 Å². The van der Waals surface area contributed by atoms with E-state index in [0.29, 0.717) is 11.8 Å². The van der Waals surface area contributed by atoms with E-state index in [-0.39, 0.29) is 0 Å². The quantitative estimate of drug-likeness (QED) is 0.753. The number of rotatable bonds is 6.